The van der Waals surface area contributed by atoms with Crippen molar-refractivity contribution in [1.82, 2.24) is 14.5 Å². The fraction of sp³-hybridized carbons (Fsp3) is 0.667. The standard InChI is InChI=1S/C17H28N3OP.2C2H6/c1-14-6-4-5-7-16(14)12-15(2)18(3)8-9-19-10-11-20(22)13-17(19)21;2*1-2/h4-7,15H,8-13,22H2,1-3H3;2*1-2H3. The second kappa shape index (κ2) is 14.1. The molecule has 0 N–H and O–H groups in total. The summed E-state index contributed by atoms with van der Waals surface area (Å²) < 4.78 is 2.00. The maximum atomic E-state index is 12.0. The molecule has 26 heavy (non-hydrogen) atoms. The quantitative estimate of drug-likeness (QED) is 0.701. The Morgan fingerprint density at radius 1 is 1.15 bits per heavy atom. The van der Waals surface area contributed by atoms with E-state index in [0.717, 1.165) is 32.6 Å². The Kier molecular flexibility index (Phi) is 13.6. The van der Waals surface area contributed by atoms with Crippen molar-refractivity contribution < 1.29 is 4.79 Å². The molecule has 0 saturated carbocycles. The van der Waals surface area contributed by atoms with Crippen LogP contribution in [0.15, 0.2) is 24.3 Å². The van der Waals surface area contributed by atoms with Gasteiger partial charge in [-0.3, -0.25) is 9.46 Å². The summed E-state index contributed by atoms with van der Waals surface area (Å²) in [5, 5.41) is 0. The Labute approximate surface area is 164 Å². The highest BCUT2D eigenvalue weighted by Crippen LogP contribution is 2.13. The van der Waals surface area contributed by atoms with Crippen LogP contribution in [0.5, 0.6) is 0 Å². The van der Waals surface area contributed by atoms with Crippen molar-refractivity contribution in [3.63, 3.8) is 0 Å². The van der Waals surface area contributed by atoms with E-state index in [-0.39, 0.29) is 5.91 Å². The number of amides is 1. The lowest BCUT2D eigenvalue weighted by atomic mass is 10.0. The van der Waals surface area contributed by atoms with Crippen LogP contribution < -0.4 is 0 Å². The summed E-state index contributed by atoms with van der Waals surface area (Å²) in [6.45, 7) is 16.5. The third-order valence-corrected chi connectivity index (χ3v) is 5.04. The maximum absolute atomic E-state index is 12.0. The lowest BCUT2D eigenvalue weighted by molar-refractivity contribution is -0.134. The van der Waals surface area contributed by atoms with E-state index in [1.165, 1.54) is 11.1 Å². The molecule has 1 amide bonds. The van der Waals surface area contributed by atoms with Crippen molar-refractivity contribution in [2.24, 2.45) is 0 Å². The summed E-state index contributed by atoms with van der Waals surface area (Å²) in [6.07, 6.45) is 1.05. The summed E-state index contributed by atoms with van der Waals surface area (Å²) in [4.78, 5) is 16.3. The Morgan fingerprint density at radius 3 is 2.35 bits per heavy atom. The lowest BCUT2D eigenvalue weighted by Crippen LogP contribution is -2.49. The number of hydrogen-bond acceptors (Lipinski definition) is 3. The Hall–Kier alpha value is -0.960. The predicted molar refractivity (Wildman–Crippen MR) is 118 cm³/mol. The first-order valence-electron chi connectivity index (χ1n) is 9.99. The molecule has 2 rings (SSSR count). The number of rotatable bonds is 6. The molecule has 2 atom stereocenters. The molecule has 0 radical (unpaired) electrons. The van der Waals surface area contributed by atoms with E-state index in [1.807, 2.05) is 37.3 Å². The zero-order valence-electron chi connectivity index (χ0n) is 18.0. The minimum Gasteiger partial charge on any atom is -0.339 e. The van der Waals surface area contributed by atoms with Crippen LogP contribution in [0.2, 0.25) is 0 Å². The van der Waals surface area contributed by atoms with Crippen LogP contribution >= 0.6 is 9.39 Å². The van der Waals surface area contributed by atoms with Gasteiger partial charge in [-0.1, -0.05) is 61.4 Å². The van der Waals surface area contributed by atoms with Crippen molar-refractivity contribution in [3.05, 3.63) is 35.4 Å². The van der Waals surface area contributed by atoms with E-state index >= 15 is 0 Å². The molecule has 0 aliphatic carbocycles. The first-order chi connectivity index (χ1) is 12.5. The zero-order chi connectivity index (χ0) is 20.1. The van der Waals surface area contributed by atoms with Crippen LogP contribution in [0.25, 0.3) is 0 Å². The Balaban J connectivity index is 0.00000146. The summed E-state index contributed by atoms with van der Waals surface area (Å²) in [5.41, 5.74) is 2.77. The maximum Gasteiger partial charge on any atom is 0.237 e. The lowest BCUT2D eigenvalue weighted by Gasteiger charge is -2.34. The molecule has 1 aromatic rings. The Bertz CT molecular complexity index is 510. The minimum atomic E-state index is 0.237. The highest BCUT2D eigenvalue weighted by Gasteiger charge is 2.22. The molecule has 0 aromatic heterocycles. The number of nitrogens with zero attached hydrogens (tertiary/aromatic N) is 3. The minimum absolute atomic E-state index is 0.237. The molecule has 1 fully saturated rings. The summed E-state index contributed by atoms with van der Waals surface area (Å²) >= 11 is 0. The van der Waals surface area contributed by atoms with E-state index < -0.39 is 0 Å². The van der Waals surface area contributed by atoms with Crippen LogP contribution in [0.3, 0.4) is 0 Å². The molecule has 4 nitrogen and oxygen atoms in total. The molecular weight excluding hydrogens is 341 g/mol. The zero-order valence-corrected chi connectivity index (χ0v) is 19.1. The van der Waals surface area contributed by atoms with Gasteiger partial charge < -0.3 is 9.80 Å². The molecule has 0 spiro atoms. The van der Waals surface area contributed by atoms with Gasteiger partial charge >= 0.3 is 0 Å². The highest BCUT2D eigenvalue weighted by atomic mass is 31.0. The van der Waals surface area contributed by atoms with Gasteiger partial charge in [0.25, 0.3) is 0 Å². The summed E-state index contributed by atoms with van der Waals surface area (Å²) in [6, 6.07) is 9.05. The van der Waals surface area contributed by atoms with Gasteiger partial charge in [0.15, 0.2) is 0 Å². The normalized spacial score (nSPS) is 15.7. The number of hydrogen-bond donors (Lipinski definition) is 0. The topological polar surface area (TPSA) is 26.8 Å². The SMILES string of the molecule is CC.CC.Cc1ccccc1CC(C)N(C)CCN1CCN(P)CC1=O. The van der Waals surface area contributed by atoms with Crippen LogP contribution in [-0.2, 0) is 11.2 Å². The number of aryl methyl sites for hydroxylation is 1. The van der Waals surface area contributed by atoms with Crippen molar-refractivity contribution in [3.8, 4) is 0 Å². The molecule has 2 unspecified atom stereocenters. The van der Waals surface area contributed by atoms with Crippen LogP contribution in [0.1, 0.15) is 45.7 Å². The van der Waals surface area contributed by atoms with Crippen LogP contribution in [0.4, 0.5) is 0 Å². The average Bonchev–Trinajstić information content (AvgIpc) is 2.66. The molecule has 5 heteroatoms. The highest BCUT2D eigenvalue weighted by molar-refractivity contribution is 7.13. The summed E-state index contributed by atoms with van der Waals surface area (Å²) in [5.74, 6) is 0.237. The van der Waals surface area contributed by atoms with E-state index in [4.69, 9.17) is 0 Å². The first kappa shape index (κ1) is 25.0. The monoisotopic (exact) mass is 381 g/mol. The van der Waals surface area contributed by atoms with Gasteiger partial charge in [0.1, 0.15) is 0 Å². The van der Waals surface area contributed by atoms with Crippen molar-refractivity contribution in [2.45, 2.75) is 54.0 Å². The average molecular weight is 382 g/mol. The van der Waals surface area contributed by atoms with Crippen LogP contribution in [-0.4, -0.2) is 66.2 Å². The predicted octanol–water partition coefficient (Wildman–Crippen LogP) is 3.84. The molecule has 150 valence electrons. The van der Waals surface area contributed by atoms with Crippen LogP contribution in [0, 0.1) is 6.92 Å². The number of piperazine rings is 1. The van der Waals surface area contributed by atoms with E-state index in [0.29, 0.717) is 12.6 Å². The molecule has 1 aromatic carbocycles. The third kappa shape index (κ3) is 8.62. The molecule has 1 saturated heterocycles. The van der Waals surface area contributed by atoms with Gasteiger partial charge in [0.2, 0.25) is 5.91 Å². The number of benzene rings is 1. The molecule has 1 aliphatic rings. The smallest absolute Gasteiger partial charge is 0.237 e. The van der Waals surface area contributed by atoms with Crippen molar-refractivity contribution in [1.29, 1.82) is 0 Å². The van der Waals surface area contributed by atoms with Gasteiger partial charge in [0.05, 0.1) is 6.54 Å². The number of likely N-dealkylation sites (N-methyl/N-ethyl adjacent to an activating group) is 1. The Morgan fingerprint density at radius 2 is 1.77 bits per heavy atom. The number of carbonyl (C=O) groups is 1. The second-order valence-electron chi connectivity index (χ2n) is 6.31. The molecule has 1 aliphatic heterocycles. The van der Waals surface area contributed by atoms with Gasteiger partial charge in [-0.05, 0) is 38.4 Å². The molecule has 0 bridgehead atoms. The van der Waals surface area contributed by atoms with E-state index in [9.17, 15) is 4.79 Å². The van der Waals surface area contributed by atoms with Gasteiger partial charge in [-0.15, -0.1) is 0 Å². The fourth-order valence-corrected chi connectivity index (χ4v) is 3.05. The number of carbonyl (C=O) groups excluding carboxylic acids is 1. The van der Waals surface area contributed by atoms with Gasteiger partial charge in [0, 0.05) is 32.2 Å². The second-order valence-corrected chi connectivity index (χ2v) is 7.04. The van der Waals surface area contributed by atoms with Gasteiger partial charge in [-0.2, -0.15) is 0 Å². The largest absolute Gasteiger partial charge is 0.339 e. The van der Waals surface area contributed by atoms with Crippen molar-refractivity contribution >= 4 is 15.3 Å². The van der Waals surface area contributed by atoms with E-state index in [2.05, 4.69) is 59.5 Å². The van der Waals surface area contributed by atoms with Gasteiger partial charge in [-0.25, -0.2) is 0 Å². The molecular formula is C21H40N3OP. The third-order valence-electron chi connectivity index (χ3n) is 4.60. The molecule has 1 heterocycles. The summed E-state index contributed by atoms with van der Waals surface area (Å²) in [7, 11) is 4.77. The first-order valence-corrected chi connectivity index (χ1v) is 10.5. The van der Waals surface area contributed by atoms with Crippen molar-refractivity contribution in [2.75, 3.05) is 39.8 Å². The fourth-order valence-electron chi connectivity index (χ4n) is 2.78. The van der Waals surface area contributed by atoms with E-state index in [1.54, 1.807) is 0 Å².